The number of aliphatic hydroxyl groups excluding tert-OH is 4. The summed E-state index contributed by atoms with van der Waals surface area (Å²) in [5.41, 5.74) is 3.59. The van der Waals surface area contributed by atoms with E-state index in [-0.39, 0.29) is 35.0 Å². The number of nitrogens with two attached hydrogens (primary N) is 1. The summed E-state index contributed by atoms with van der Waals surface area (Å²) < 4.78 is 106. The number of anilines is 2. The number of aliphatic hydroxyl groups is 4. The van der Waals surface area contributed by atoms with E-state index in [1.165, 1.54) is 35.2 Å². The number of benzene rings is 2. The third-order valence-electron chi connectivity index (χ3n) is 9.17. The molecule has 0 bridgehead atoms. The SMILES string of the molecule is Nc1ncnc2c1ncn2C1OC(COP(=O)(O)OP(=O)(O)OC[C@H]2OC(Oc3ccc(COC(=O)Nc4ccc5c(C(F)(F)F)cc(=O)oc5c4)cc3)C(O)C2O)[C@@H](O)[C@H]1O. The zero-order valence-electron chi connectivity index (χ0n) is 31.0. The molecule has 1 amide bonds. The van der Waals surface area contributed by atoms with E-state index in [4.69, 9.17) is 38.1 Å². The lowest BCUT2D eigenvalue weighted by molar-refractivity contribution is -0.136. The average Bonchev–Trinajstić information content (AvgIpc) is 3.84. The summed E-state index contributed by atoms with van der Waals surface area (Å²) in [5.74, 6) is 0.0877. The number of imidazole rings is 1. The molecular formula is C33H33F3N6O18P2. The van der Waals surface area contributed by atoms with Crippen LogP contribution in [0.1, 0.15) is 17.4 Å². The fraction of sp³-hybridized carbons (Fsp3) is 0.364. The number of carbonyl (C=O) groups excluding carboxylic acids is 1. The van der Waals surface area contributed by atoms with E-state index in [1.54, 1.807) is 0 Å². The topological polar surface area (TPSA) is 349 Å². The molecule has 0 spiro atoms. The van der Waals surface area contributed by atoms with Gasteiger partial charge in [0.1, 0.15) is 66.4 Å². The number of ether oxygens (including phenoxy) is 4. The van der Waals surface area contributed by atoms with E-state index in [0.29, 0.717) is 11.6 Å². The first kappa shape index (κ1) is 44.9. The Hall–Kier alpha value is -5.12. The Labute approximate surface area is 343 Å². The minimum Gasteiger partial charge on any atom is -0.462 e. The first-order valence-electron chi connectivity index (χ1n) is 17.6. The monoisotopic (exact) mass is 920 g/mol. The summed E-state index contributed by atoms with van der Waals surface area (Å²) in [6.07, 6.45) is -16.3. The van der Waals surface area contributed by atoms with Gasteiger partial charge in [0.2, 0.25) is 6.29 Å². The number of amides is 1. The van der Waals surface area contributed by atoms with Crippen molar-refractivity contribution in [3.05, 3.63) is 82.7 Å². The van der Waals surface area contributed by atoms with Crippen LogP contribution in [0.5, 0.6) is 5.75 Å². The van der Waals surface area contributed by atoms with Gasteiger partial charge in [0.25, 0.3) is 0 Å². The zero-order valence-corrected chi connectivity index (χ0v) is 32.8. The number of hydrogen-bond donors (Lipinski definition) is 8. The second kappa shape index (κ2) is 17.6. The number of nitrogens with one attached hydrogen (secondary N) is 1. The van der Waals surface area contributed by atoms with Crippen molar-refractivity contribution in [3.8, 4) is 5.75 Å². The van der Waals surface area contributed by atoms with Crippen LogP contribution in [-0.2, 0) is 49.5 Å². The molecule has 3 aromatic heterocycles. The molecule has 24 nitrogen and oxygen atoms in total. The van der Waals surface area contributed by atoms with Crippen LogP contribution in [0.15, 0.2) is 70.4 Å². The largest absolute Gasteiger partial charge is 0.481 e. The standard InChI is InChI=1S/C33H33F3N6O18P2/c34-33(35,36)18-8-22(43)57-19-7-15(3-6-17(18)19)41-32(48)53-9-14-1-4-16(5-2-14)56-31-27(47)25(45)21(59-31)11-55-62(51,52)60-61(49,50)54-10-20-24(44)26(46)30(58-20)42-13-40-23-28(37)38-12-39-29(23)42/h1-8,12-13,20-21,24-27,30-31,44-47H,9-11H2,(H,41,48)(H,49,50)(H,51,52)(H2,37,38,39)/t20?,21-,24-,25?,26-,27?,30?,31?/m1/s1. The number of halogens is 3. The number of phosphoric acid groups is 2. The fourth-order valence-electron chi connectivity index (χ4n) is 6.19. The summed E-state index contributed by atoms with van der Waals surface area (Å²) in [5, 5.41) is 43.9. The maximum Gasteiger partial charge on any atom is 0.481 e. The van der Waals surface area contributed by atoms with Gasteiger partial charge in [0, 0.05) is 23.2 Å². The van der Waals surface area contributed by atoms with Crippen LogP contribution in [-0.4, -0.2) is 112 Å². The molecule has 2 fully saturated rings. The summed E-state index contributed by atoms with van der Waals surface area (Å²) >= 11 is 0. The lowest BCUT2D eigenvalue weighted by Crippen LogP contribution is -2.35. The van der Waals surface area contributed by atoms with Crippen LogP contribution in [0.2, 0.25) is 0 Å². The van der Waals surface area contributed by atoms with E-state index >= 15 is 0 Å². The second-order valence-corrected chi connectivity index (χ2v) is 16.5. The van der Waals surface area contributed by atoms with E-state index in [9.17, 15) is 62.1 Å². The predicted octanol–water partition coefficient (Wildman–Crippen LogP) is 1.68. The summed E-state index contributed by atoms with van der Waals surface area (Å²) in [4.78, 5) is 56.1. The van der Waals surface area contributed by atoms with Gasteiger partial charge in [-0.1, -0.05) is 12.1 Å². The van der Waals surface area contributed by atoms with Gasteiger partial charge in [-0.3, -0.25) is 18.9 Å². The number of alkyl halides is 3. The Balaban J connectivity index is 0.856. The van der Waals surface area contributed by atoms with Gasteiger partial charge in [0.15, 0.2) is 17.7 Å². The van der Waals surface area contributed by atoms with Crippen molar-refractivity contribution in [3.63, 3.8) is 0 Å². The van der Waals surface area contributed by atoms with Crippen molar-refractivity contribution in [2.24, 2.45) is 0 Å². The van der Waals surface area contributed by atoms with E-state index in [1.807, 2.05) is 0 Å². The number of fused-ring (bicyclic) bond motifs is 2. The molecule has 2 aromatic carbocycles. The first-order chi connectivity index (χ1) is 29.2. The van der Waals surface area contributed by atoms with Gasteiger partial charge in [-0.05, 0) is 29.8 Å². The van der Waals surface area contributed by atoms with Crippen molar-refractivity contribution >= 4 is 55.4 Å². The molecule has 7 rings (SSSR count). The molecule has 5 heterocycles. The highest BCUT2D eigenvalue weighted by Gasteiger charge is 2.48. The molecule has 2 aliphatic rings. The van der Waals surface area contributed by atoms with E-state index in [0.717, 1.165) is 24.5 Å². The number of nitrogens with zero attached hydrogens (tertiary/aromatic N) is 4. The Morgan fingerprint density at radius 3 is 2.23 bits per heavy atom. The van der Waals surface area contributed by atoms with Gasteiger partial charge in [-0.2, -0.15) is 17.5 Å². The molecule has 9 N–H and O–H groups in total. The van der Waals surface area contributed by atoms with Crippen molar-refractivity contribution in [2.45, 2.75) is 61.9 Å². The first-order valence-corrected chi connectivity index (χ1v) is 20.6. The predicted molar refractivity (Wildman–Crippen MR) is 197 cm³/mol. The minimum atomic E-state index is -5.47. The Kier molecular flexibility index (Phi) is 12.7. The third-order valence-corrected chi connectivity index (χ3v) is 11.8. The normalized spacial score (nSPS) is 26.0. The molecule has 10 atom stereocenters. The quantitative estimate of drug-likeness (QED) is 0.0580. The van der Waals surface area contributed by atoms with Crippen LogP contribution in [0.25, 0.3) is 22.1 Å². The van der Waals surface area contributed by atoms with Crippen molar-refractivity contribution < 1.29 is 94.0 Å². The Morgan fingerprint density at radius 1 is 0.887 bits per heavy atom. The number of phosphoric ester groups is 2. The van der Waals surface area contributed by atoms with Gasteiger partial charge in [-0.25, -0.2) is 33.7 Å². The highest BCUT2D eigenvalue weighted by molar-refractivity contribution is 7.61. The van der Waals surface area contributed by atoms with Gasteiger partial charge in [-0.15, -0.1) is 0 Å². The van der Waals surface area contributed by atoms with Crippen molar-refractivity contribution in [1.82, 2.24) is 19.5 Å². The summed E-state index contributed by atoms with van der Waals surface area (Å²) in [6.45, 7) is -2.24. The molecule has 5 aromatic rings. The van der Waals surface area contributed by atoms with E-state index < -0.39 is 112 Å². The van der Waals surface area contributed by atoms with Crippen LogP contribution >= 0.6 is 15.6 Å². The molecule has 2 aliphatic heterocycles. The van der Waals surface area contributed by atoms with Crippen molar-refractivity contribution in [2.75, 3.05) is 24.3 Å². The minimum absolute atomic E-state index is 0.0241. The maximum absolute atomic E-state index is 13.3. The number of hydrogen-bond acceptors (Lipinski definition) is 20. The van der Waals surface area contributed by atoms with Gasteiger partial charge < -0.3 is 59.3 Å². The fourth-order valence-corrected chi connectivity index (χ4v) is 8.28. The molecule has 0 aliphatic carbocycles. The van der Waals surface area contributed by atoms with Crippen LogP contribution in [0.3, 0.4) is 0 Å². The Bertz CT molecular complexity index is 2600. The Morgan fingerprint density at radius 2 is 1.55 bits per heavy atom. The summed E-state index contributed by atoms with van der Waals surface area (Å²) in [6, 6.07) is 9.12. The lowest BCUT2D eigenvalue weighted by Gasteiger charge is -2.20. The number of nitrogen functional groups attached to an aromatic ring is 1. The zero-order chi connectivity index (χ0) is 44.7. The van der Waals surface area contributed by atoms with Gasteiger partial charge >= 0.3 is 33.5 Å². The molecule has 62 heavy (non-hydrogen) atoms. The number of aromatic nitrogens is 4. The number of rotatable bonds is 14. The smallest absolute Gasteiger partial charge is 0.462 e. The molecule has 334 valence electrons. The molecule has 7 unspecified atom stereocenters. The number of carbonyl (C=O) groups is 1. The van der Waals surface area contributed by atoms with E-state index in [2.05, 4.69) is 24.6 Å². The summed E-state index contributed by atoms with van der Waals surface area (Å²) in [7, 11) is -10.9. The maximum atomic E-state index is 13.3. The van der Waals surface area contributed by atoms with Crippen LogP contribution in [0.4, 0.5) is 29.5 Å². The lowest BCUT2D eigenvalue weighted by atomic mass is 10.1. The highest BCUT2D eigenvalue weighted by Crippen LogP contribution is 2.60. The third kappa shape index (κ3) is 10.1. The molecular weight excluding hydrogens is 887 g/mol. The molecule has 0 radical (unpaired) electrons. The van der Waals surface area contributed by atoms with Gasteiger partial charge in [0.05, 0.1) is 25.1 Å². The molecule has 0 saturated carbocycles. The molecule has 2 saturated heterocycles. The average molecular weight is 921 g/mol. The van der Waals surface area contributed by atoms with Crippen molar-refractivity contribution in [1.29, 1.82) is 0 Å². The van der Waals surface area contributed by atoms with Crippen LogP contribution in [0, 0.1) is 0 Å². The highest BCUT2D eigenvalue weighted by atomic mass is 31.3. The van der Waals surface area contributed by atoms with Crippen LogP contribution < -0.4 is 21.4 Å². The second-order valence-electron chi connectivity index (χ2n) is 13.4. The molecule has 29 heteroatoms.